The number of aromatic nitrogens is 2. The number of allylic oxidation sites excluding steroid dienone is 1. The van der Waals surface area contributed by atoms with Crippen LogP contribution in [0.5, 0.6) is 0 Å². The van der Waals surface area contributed by atoms with Crippen LogP contribution in [0, 0.1) is 36.9 Å². The molecule has 1 aromatic carbocycles. The van der Waals surface area contributed by atoms with Gasteiger partial charge in [0.15, 0.2) is 5.78 Å². The number of aryl methyl sites for hydroxylation is 3. The first-order valence-electron chi connectivity index (χ1n) is 11.5. The van der Waals surface area contributed by atoms with E-state index in [2.05, 4.69) is 23.5 Å². The lowest BCUT2D eigenvalue weighted by Gasteiger charge is -2.36. The van der Waals surface area contributed by atoms with Gasteiger partial charge in [-0.25, -0.2) is 4.39 Å². The third kappa shape index (κ3) is 3.54. The van der Waals surface area contributed by atoms with Crippen molar-refractivity contribution in [3.05, 3.63) is 52.6 Å². The largest absolute Gasteiger partial charge is 0.383 e. The maximum atomic E-state index is 14.3. The molecule has 2 aliphatic rings. The molecular formula is C26H35FN4O. The average molecular weight is 439 g/mol. The Labute approximate surface area is 190 Å². The molecule has 2 aromatic rings. The van der Waals surface area contributed by atoms with Crippen molar-refractivity contribution >= 4 is 17.3 Å². The fraction of sp³-hybridized carbons (Fsp3) is 0.538. The zero-order valence-electron chi connectivity index (χ0n) is 20.1. The summed E-state index contributed by atoms with van der Waals surface area (Å²) in [5, 5.41) is 4.61. The summed E-state index contributed by atoms with van der Waals surface area (Å²) in [5.41, 5.74) is 11.2. The summed E-state index contributed by atoms with van der Waals surface area (Å²) in [5.74, 6) is 1.67. The molecule has 0 aliphatic heterocycles. The van der Waals surface area contributed by atoms with Gasteiger partial charge in [0, 0.05) is 36.8 Å². The summed E-state index contributed by atoms with van der Waals surface area (Å²) in [7, 11) is 3.80. The van der Waals surface area contributed by atoms with Crippen LogP contribution >= 0.6 is 0 Å². The summed E-state index contributed by atoms with van der Waals surface area (Å²) < 4.78 is 15.9. The predicted molar refractivity (Wildman–Crippen MR) is 127 cm³/mol. The van der Waals surface area contributed by atoms with Gasteiger partial charge in [-0.2, -0.15) is 5.10 Å². The average Bonchev–Trinajstić information content (AvgIpc) is 3.33. The zero-order valence-corrected chi connectivity index (χ0v) is 20.1. The number of nitrogen functional groups attached to an aromatic ring is 1. The SMILES string of the molecule is C=C(N(C)c1cc(F)c(C)cc1C)C1(C)CC2CC(c3nn(C)c(N)c3C(C)=O)CC2C1. The minimum Gasteiger partial charge on any atom is -0.383 e. The summed E-state index contributed by atoms with van der Waals surface area (Å²) in [6, 6.07) is 3.52. The molecule has 32 heavy (non-hydrogen) atoms. The Hall–Kier alpha value is -2.63. The number of hydrogen-bond donors (Lipinski definition) is 1. The van der Waals surface area contributed by atoms with Crippen LogP contribution in [0.4, 0.5) is 15.9 Å². The van der Waals surface area contributed by atoms with Crippen molar-refractivity contribution in [1.82, 2.24) is 9.78 Å². The Bertz CT molecular complexity index is 1090. The van der Waals surface area contributed by atoms with Gasteiger partial charge in [0.1, 0.15) is 11.6 Å². The van der Waals surface area contributed by atoms with Crippen LogP contribution < -0.4 is 10.6 Å². The van der Waals surface area contributed by atoms with Crippen LogP contribution in [0.25, 0.3) is 0 Å². The van der Waals surface area contributed by atoms with Crippen LogP contribution in [0.15, 0.2) is 24.4 Å². The minimum absolute atomic E-state index is 0.0109. The Balaban J connectivity index is 1.52. The van der Waals surface area contributed by atoms with E-state index in [9.17, 15) is 9.18 Å². The highest BCUT2D eigenvalue weighted by Gasteiger charge is 2.50. The minimum atomic E-state index is -0.183. The van der Waals surface area contributed by atoms with E-state index in [-0.39, 0.29) is 22.9 Å². The Kier molecular flexibility index (Phi) is 5.46. The lowest BCUT2D eigenvalue weighted by molar-refractivity contribution is 0.101. The van der Waals surface area contributed by atoms with Gasteiger partial charge in [-0.3, -0.25) is 9.48 Å². The van der Waals surface area contributed by atoms with E-state index in [0.717, 1.165) is 48.3 Å². The van der Waals surface area contributed by atoms with E-state index in [0.29, 0.717) is 28.8 Å². The van der Waals surface area contributed by atoms with Crippen molar-refractivity contribution in [3.63, 3.8) is 0 Å². The second kappa shape index (κ2) is 7.75. The van der Waals surface area contributed by atoms with Crippen molar-refractivity contribution in [2.75, 3.05) is 17.7 Å². The van der Waals surface area contributed by atoms with Crippen LogP contribution in [0.2, 0.25) is 0 Å². The van der Waals surface area contributed by atoms with E-state index in [1.165, 1.54) is 0 Å². The molecule has 0 saturated heterocycles. The van der Waals surface area contributed by atoms with Gasteiger partial charge >= 0.3 is 0 Å². The fourth-order valence-electron chi connectivity index (χ4n) is 6.34. The maximum Gasteiger partial charge on any atom is 0.165 e. The van der Waals surface area contributed by atoms with Gasteiger partial charge < -0.3 is 10.6 Å². The van der Waals surface area contributed by atoms with Gasteiger partial charge in [0.05, 0.1) is 11.3 Å². The zero-order chi connectivity index (χ0) is 23.5. The summed E-state index contributed by atoms with van der Waals surface area (Å²) in [6.45, 7) is 12.1. The molecule has 5 nitrogen and oxygen atoms in total. The third-order valence-electron chi connectivity index (χ3n) is 8.06. The highest BCUT2D eigenvalue weighted by atomic mass is 19.1. The molecule has 4 rings (SSSR count). The third-order valence-corrected chi connectivity index (χ3v) is 8.06. The number of hydrogen-bond acceptors (Lipinski definition) is 4. The highest BCUT2D eigenvalue weighted by Crippen LogP contribution is 2.59. The lowest BCUT2D eigenvalue weighted by atomic mass is 9.80. The summed E-state index contributed by atoms with van der Waals surface area (Å²) >= 11 is 0. The van der Waals surface area contributed by atoms with E-state index in [1.807, 2.05) is 20.0 Å². The van der Waals surface area contributed by atoms with Gasteiger partial charge in [-0.1, -0.05) is 19.6 Å². The second-order valence-corrected chi connectivity index (χ2v) is 10.4. The number of nitrogens with two attached hydrogens (primary N) is 1. The molecule has 2 unspecified atom stereocenters. The normalized spacial score (nSPS) is 26.9. The van der Waals surface area contributed by atoms with Crippen molar-refractivity contribution in [2.24, 2.45) is 24.3 Å². The number of carbonyl (C=O) groups is 1. The van der Waals surface area contributed by atoms with Crippen LogP contribution in [0.3, 0.4) is 0 Å². The first kappa shape index (κ1) is 22.6. The molecule has 2 N–H and O–H groups in total. The van der Waals surface area contributed by atoms with E-state index in [1.54, 1.807) is 31.6 Å². The number of nitrogens with zero attached hydrogens (tertiary/aromatic N) is 3. The van der Waals surface area contributed by atoms with E-state index >= 15 is 0 Å². The number of halogens is 1. The second-order valence-electron chi connectivity index (χ2n) is 10.4. The monoisotopic (exact) mass is 438 g/mol. The van der Waals surface area contributed by atoms with Crippen molar-refractivity contribution < 1.29 is 9.18 Å². The maximum absolute atomic E-state index is 14.3. The van der Waals surface area contributed by atoms with Gasteiger partial charge in [-0.15, -0.1) is 0 Å². The smallest absolute Gasteiger partial charge is 0.165 e. The highest BCUT2D eigenvalue weighted by molar-refractivity contribution is 5.99. The first-order valence-corrected chi connectivity index (χ1v) is 11.5. The first-order chi connectivity index (χ1) is 14.9. The molecule has 2 atom stereocenters. The molecule has 1 aromatic heterocycles. The molecule has 0 spiro atoms. The summed E-state index contributed by atoms with van der Waals surface area (Å²) in [6.07, 6.45) is 4.13. The molecular weight excluding hydrogens is 403 g/mol. The molecule has 0 amide bonds. The van der Waals surface area contributed by atoms with E-state index in [4.69, 9.17) is 5.73 Å². The predicted octanol–water partition coefficient (Wildman–Crippen LogP) is 5.52. The van der Waals surface area contributed by atoms with Gasteiger partial charge in [0.25, 0.3) is 0 Å². The van der Waals surface area contributed by atoms with Gasteiger partial charge in [0.2, 0.25) is 0 Å². The number of rotatable bonds is 5. The number of Topliss-reactive ketones (excluding diaryl/α,β-unsaturated/α-hetero) is 1. The summed E-state index contributed by atoms with van der Waals surface area (Å²) in [4.78, 5) is 14.3. The van der Waals surface area contributed by atoms with E-state index < -0.39 is 0 Å². The number of anilines is 2. The van der Waals surface area contributed by atoms with Crippen LogP contribution in [-0.4, -0.2) is 22.6 Å². The topological polar surface area (TPSA) is 64.2 Å². The molecule has 2 fully saturated rings. The molecule has 0 radical (unpaired) electrons. The standard InChI is InChI=1S/C26H35FN4O/c1-14-8-15(2)22(11-21(14)27)30(6)17(4)26(5)12-19-9-18(10-20(19)13-26)24-23(16(3)32)25(28)31(7)29-24/h8,11,18-20H,4,9-10,12-13,28H2,1-3,5-7H3. The van der Waals surface area contributed by atoms with Crippen LogP contribution in [0.1, 0.15) is 72.6 Å². The lowest BCUT2D eigenvalue weighted by Crippen LogP contribution is -2.29. The molecule has 2 saturated carbocycles. The molecule has 6 heteroatoms. The van der Waals surface area contributed by atoms with Gasteiger partial charge in [-0.05, 0) is 75.5 Å². The van der Waals surface area contributed by atoms with Crippen molar-refractivity contribution in [2.45, 2.75) is 59.3 Å². The quantitative estimate of drug-likeness (QED) is 0.624. The number of carbonyl (C=O) groups excluding carboxylic acids is 1. The van der Waals surface area contributed by atoms with Crippen molar-refractivity contribution in [1.29, 1.82) is 0 Å². The molecule has 2 aliphatic carbocycles. The molecule has 1 heterocycles. The van der Waals surface area contributed by atoms with Crippen molar-refractivity contribution in [3.8, 4) is 0 Å². The molecule has 0 bridgehead atoms. The Morgan fingerprint density at radius 1 is 1.25 bits per heavy atom. The number of ketones is 1. The molecule has 172 valence electrons. The number of fused-ring (bicyclic) bond motifs is 1. The Morgan fingerprint density at radius 3 is 2.41 bits per heavy atom. The van der Waals surface area contributed by atoms with Crippen LogP contribution in [-0.2, 0) is 7.05 Å². The number of benzene rings is 1. The Morgan fingerprint density at radius 2 is 1.84 bits per heavy atom. The fourth-order valence-corrected chi connectivity index (χ4v) is 6.34.